The first-order valence-electron chi connectivity index (χ1n) is 5.18. The van der Waals surface area contributed by atoms with E-state index in [9.17, 15) is 8.78 Å². The van der Waals surface area contributed by atoms with Gasteiger partial charge in [-0.2, -0.15) is 0 Å². The fourth-order valence-electron chi connectivity index (χ4n) is 1.57. The summed E-state index contributed by atoms with van der Waals surface area (Å²) in [5, 5.41) is 3.94. The average Bonchev–Trinajstić information content (AvgIpc) is 2.23. The van der Waals surface area contributed by atoms with Crippen LogP contribution in [0.15, 0.2) is 36.4 Å². The summed E-state index contributed by atoms with van der Waals surface area (Å²) in [7, 11) is 0. The van der Waals surface area contributed by atoms with Crippen molar-refractivity contribution in [3.05, 3.63) is 63.6 Å². The summed E-state index contributed by atoms with van der Waals surface area (Å²) >= 11 is 11.7. The highest BCUT2D eigenvalue weighted by Gasteiger charge is 2.02. The Morgan fingerprint density at radius 3 is 1.94 bits per heavy atom. The number of halogens is 4. The van der Waals surface area contributed by atoms with E-state index in [2.05, 4.69) is 5.32 Å². The zero-order valence-corrected chi connectivity index (χ0v) is 10.7. The Kier molecular flexibility index (Phi) is 4.04. The monoisotopic (exact) mass is 287 g/mol. The molecule has 0 bridgehead atoms. The Morgan fingerprint density at radius 1 is 0.833 bits per heavy atom. The predicted molar refractivity (Wildman–Crippen MR) is 70.1 cm³/mol. The number of nitrogens with one attached hydrogen (secondary N) is 1. The highest BCUT2D eigenvalue weighted by atomic mass is 35.5. The number of rotatable bonds is 3. The normalized spacial score (nSPS) is 10.4. The van der Waals surface area contributed by atoms with Crippen molar-refractivity contribution in [2.75, 3.05) is 5.32 Å². The van der Waals surface area contributed by atoms with Gasteiger partial charge in [0.1, 0.15) is 11.6 Å². The highest BCUT2D eigenvalue weighted by Crippen LogP contribution is 2.20. The van der Waals surface area contributed by atoms with Crippen molar-refractivity contribution in [3.63, 3.8) is 0 Å². The quantitative estimate of drug-likeness (QED) is 0.848. The van der Waals surface area contributed by atoms with E-state index in [1.807, 2.05) is 0 Å². The minimum absolute atomic E-state index is 0.364. The predicted octanol–water partition coefficient (Wildman–Crippen LogP) is 4.88. The molecule has 2 aromatic rings. The van der Waals surface area contributed by atoms with E-state index in [-0.39, 0.29) is 0 Å². The van der Waals surface area contributed by atoms with Crippen molar-refractivity contribution in [2.45, 2.75) is 6.54 Å². The van der Waals surface area contributed by atoms with E-state index in [4.69, 9.17) is 23.2 Å². The summed E-state index contributed by atoms with van der Waals surface area (Å²) in [6, 6.07) is 8.34. The standard InChI is InChI=1S/C13H9Cl2F2N/c14-9-1-8(2-10(15)3-9)7-18-13-5-11(16)4-12(17)6-13/h1-6,18H,7H2. The van der Waals surface area contributed by atoms with Gasteiger partial charge in [0.25, 0.3) is 0 Å². The molecule has 5 heteroatoms. The van der Waals surface area contributed by atoms with Crippen LogP contribution in [0.1, 0.15) is 5.56 Å². The molecular formula is C13H9Cl2F2N. The van der Waals surface area contributed by atoms with Gasteiger partial charge in [-0.25, -0.2) is 8.78 Å². The van der Waals surface area contributed by atoms with Crippen LogP contribution in [0.2, 0.25) is 10.0 Å². The lowest BCUT2D eigenvalue weighted by Gasteiger charge is -2.08. The molecule has 2 aromatic carbocycles. The molecular weight excluding hydrogens is 279 g/mol. The summed E-state index contributed by atoms with van der Waals surface area (Å²) in [4.78, 5) is 0. The summed E-state index contributed by atoms with van der Waals surface area (Å²) in [5.74, 6) is -1.25. The first-order chi connectivity index (χ1) is 8.52. The molecule has 0 saturated heterocycles. The third-order valence-electron chi connectivity index (χ3n) is 2.28. The number of hydrogen-bond acceptors (Lipinski definition) is 1. The SMILES string of the molecule is Fc1cc(F)cc(NCc2cc(Cl)cc(Cl)c2)c1. The van der Waals surface area contributed by atoms with Crippen LogP contribution < -0.4 is 5.32 Å². The maximum Gasteiger partial charge on any atom is 0.128 e. The van der Waals surface area contributed by atoms with Gasteiger partial charge in [0, 0.05) is 28.3 Å². The number of anilines is 1. The van der Waals surface area contributed by atoms with Crippen molar-refractivity contribution in [3.8, 4) is 0 Å². The first kappa shape index (κ1) is 13.1. The third kappa shape index (κ3) is 3.59. The second-order valence-electron chi connectivity index (χ2n) is 3.79. The molecule has 0 spiro atoms. The minimum atomic E-state index is -0.623. The zero-order valence-electron chi connectivity index (χ0n) is 9.18. The van der Waals surface area contributed by atoms with E-state index >= 15 is 0 Å². The molecule has 0 aromatic heterocycles. The van der Waals surface area contributed by atoms with Crippen LogP contribution in [-0.2, 0) is 6.54 Å². The number of hydrogen-bond donors (Lipinski definition) is 1. The highest BCUT2D eigenvalue weighted by molar-refractivity contribution is 6.34. The number of benzene rings is 2. The lowest BCUT2D eigenvalue weighted by atomic mass is 10.2. The van der Waals surface area contributed by atoms with Gasteiger partial charge in [-0.05, 0) is 35.9 Å². The van der Waals surface area contributed by atoms with Crippen molar-refractivity contribution in [1.29, 1.82) is 0 Å². The van der Waals surface area contributed by atoms with Crippen LogP contribution in [-0.4, -0.2) is 0 Å². The van der Waals surface area contributed by atoms with Crippen LogP contribution >= 0.6 is 23.2 Å². The molecule has 0 saturated carbocycles. The van der Waals surface area contributed by atoms with Gasteiger partial charge >= 0.3 is 0 Å². The molecule has 2 rings (SSSR count). The van der Waals surface area contributed by atoms with Crippen LogP contribution in [0, 0.1) is 11.6 Å². The molecule has 1 N–H and O–H groups in total. The van der Waals surface area contributed by atoms with Crippen LogP contribution in [0.25, 0.3) is 0 Å². The third-order valence-corrected chi connectivity index (χ3v) is 2.72. The summed E-state index contributed by atoms with van der Waals surface area (Å²) in [6.45, 7) is 0.378. The van der Waals surface area contributed by atoms with Gasteiger partial charge in [0.15, 0.2) is 0 Å². The van der Waals surface area contributed by atoms with E-state index < -0.39 is 11.6 Å². The molecule has 0 unspecified atom stereocenters. The fraction of sp³-hybridized carbons (Fsp3) is 0.0769. The average molecular weight is 288 g/mol. The smallest absolute Gasteiger partial charge is 0.128 e. The van der Waals surface area contributed by atoms with E-state index in [1.54, 1.807) is 18.2 Å². The molecule has 1 nitrogen and oxygen atoms in total. The fourth-order valence-corrected chi connectivity index (χ4v) is 2.14. The Labute approximate surface area is 113 Å². The Morgan fingerprint density at radius 2 is 1.39 bits per heavy atom. The Bertz CT molecular complexity index is 481. The summed E-state index contributed by atoms with van der Waals surface area (Å²) in [6.07, 6.45) is 0. The molecule has 0 atom stereocenters. The van der Waals surface area contributed by atoms with E-state index in [0.29, 0.717) is 22.3 Å². The van der Waals surface area contributed by atoms with E-state index in [0.717, 1.165) is 11.6 Å². The molecule has 0 heterocycles. The molecule has 94 valence electrons. The molecule has 0 aliphatic carbocycles. The van der Waals surface area contributed by atoms with Crippen LogP contribution in [0.4, 0.5) is 14.5 Å². The van der Waals surface area contributed by atoms with Gasteiger partial charge in [0.2, 0.25) is 0 Å². The van der Waals surface area contributed by atoms with Gasteiger partial charge < -0.3 is 5.32 Å². The molecule has 0 aliphatic rings. The van der Waals surface area contributed by atoms with Gasteiger partial charge in [-0.15, -0.1) is 0 Å². The Balaban J connectivity index is 2.11. The van der Waals surface area contributed by atoms with Crippen molar-refractivity contribution in [2.24, 2.45) is 0 Å². The molecule has 0 fully saturated rings. The molecule has 0 amide bonds. The van der Waals surface area contributed by atoms with Gasteiger partial charge in [-0.3, -0.25) is 0 Å². The topological polar surface area (TPSA) is 12.0 Å². The largest absolute Gasteiger partial charge is 0.381 e. The first-order valence-corrected chi connectivity index (χ1v) is 5.93. The lowest BCUT2D eigenvalue weighted by Crippen LogP contribution is -2.00. The summed E-state index contributed by atoms with van der Waals surface area (Å²) < 4.78 is 25.9. The summed E-state index contributed by atoms with van der Waals surface area (Å²) in [5.41, 5.74) is 1.20. The molecule has 18 heavy (non-hydrogen) atoms. The molecule has 0 radical (unpaired) electrons. The van der Waals surface area contributed by atoms with E-state index in [1.165, 1.54) is 12.1 Å². The van der Waals surface area contributed by atoms with Crippen LogP contribution in [0.5, 0.6) is 0 Å². The van der Waals surface area contributed by atoms with Crippen molar-refractivity contribution >= 4 is 28.9 Å². The second-order valence-corrected chi connectivity index (χ2v) is 4.66. The second kappa shape index (κ2) is 5.55. The molecule has 0 aliphatic heterocycles. The van der Waals surface area contributed by atoms with Crippen molar-refractivity contribution < 1.29 is 8.78 Å². The minimum Gasteiger partial charge on any atom is -0.381 e. The van der Waals surface area contributed by atoms with Gasteiger partial charge in [0.05, 0.1) is 0 Å². The van der Waals surface area contributed by atoms with Crippen molar-refractivity contribution in [1.82, 2.24) is 0 Å². The lowest BCUT2D eigenvalue weighted by molar-refractivity contribution is 0.584. The maximum absolute atomic E-state index is 13.0. The zero-order chi connectivity index (χ0) is 13.1. The maximum atomic E-state index is 13.0. The van der Waals surface area contributed by atoms with Gasteiger partial charge in [-0.1, -0.05) is 23.2 Å². The Hall–Kier alpha value is -1.32. The van der Waals surface area contributed by atoms with Crippen LogP contribution in [0.3, 0.4) is 0 Å².